The van der Waals surface area contributed by atoms with Gasteiger partial charge in [-0.05, 0) is 51.2 Å². The third-order valence-electron chi connectivity index (χ3n) is 5.92. The topological polar surface area (TPSA) is 52.7 Å². The van der Waals surface area contributed by atoms with Crippen LogP contribution < -0.4 is 20.3 Å². The summed E-state index contributed by atoms with van der Waals surface area (Å²) in [5.41, 5.74) is 3.79. The van der Waals surface area contributed by atoms with Crippen molar-refractivity contribution in [3.05, 3.63) is 65.8 Å². The minimum atomic E-state index is 0.558. The van der Waals surface area contributed by atoms with Crippen molar-refractivity contribution >= 4 is 40.2 Å². The molecule has 1 aromatic heterocycles. The van der Waals surface area contributed by atoms with Crippen LogP contribution >= 0.6 is 11.6 Å². The van der Waals surface area contributed by atoms with Crippen LogP contribution in [-0.4, -0.2) is 50.2 Å². The van der Waals surface area contributed by atoms with Gasteiger partial charge in [-0.2, -0.15) is 0 Å². The SMILES string of the molecule is COc1cc(N2CCC(N(C)C)CC2)ccc1Nc1cc(Nc2ccccc2)c(Cl)cn1. The van der Waals surface area contributed by atoms with Crippen molar-refractivity contribution in [2.75, 3.05) is 49.8 Å². The molecule has 2 N–H and O–H groups in total. The first-order valence-electron chi connectivity index (χ1n) is 10.9. The van der Waals surface area contributed by atoms with E-state index in [9.17, 15) is 0 Å². The first-order chi connectivity index (χ1) is 15.5. The highest BCUT2D eigenvalue weighted by atomic mass is 35.5. The van der Waals surface area contributed by atoms with Gasteiger partial charge in [-0.3, -0.25) is 0 Å². The lowest BCUT2D eigenvalue weighted by molar-refractivity contribution is 0.249. The molecule has 6 nitrogen and oxygen atoms in total. The fourth-order valence-electron chi connectivity index (χ4n) is 4.04. The molecule has 0 bridgehead atoms. The van der Waals surface area contributed by atoms with E-state index in [0.29, 0.717) is 16.9 Å². The molecular formula is C25H30ClN5O. The molecule has 32 heavy (non-hydrogen) atoms. The van der Waals surface area contributed by atoms with Gasteiger partial charge in [0.1, 0.15) is 11.6 Å². The van der Waals surface area contributed by atoms with Crippen LogP contribution in [0.15, 0.2) is 60.8 Å². The number of anilines is 5. The first kappa shape index (κ1) is 22.2. The van der Waals surface area contributed by atoms with E-state index in [0.717, 1.165) is 35.9 Å². The number of ether oxygens (including phenoxy) is 1. The zero-order valence-electron chi connectivity index (χ0n) is 18.8. The maximum atomic E-state index is 6.36. The highest BCUT2D eigenvalue weighted by Gasteiger charge is 2.21. The summed E-state index contributed by atoms with van der Waals surface area (Å²) in [6, 6.07) is 18.8. The summed E-state index contributed by atoms with van der Waals surface area (Å²) in [7, 11) is 6.02. The van der Waals surface area contributed by atoms with Crippen LogP contribution in [0.5, 0.6) is 5.75 Å². The Bertz CT molecular complexity index is 1040. The number of piperidine rings is 1. The summed E-state index contributed by atoms with van der Waals surface area (Å²) >= 11 is 6.36. The van der Waals surface area contributed by atoms with Crippen LogP contribution in [0.1, 0.15) is 12.8 Å². The Morgan fingerprint density at radius 2 is 1.75 bits per heavy atom. The summed E-state index contributed by atoms with van der Waals surface area (Å²) in [6.45, 7) is 2.10. The Morgan fingerprint density at radius 3 is 2.44 bits per heavy atom. The van der Waals surface area contributed by atoms with Crippen molar-refractivity contribution in [1.82, 2.24) is 9.88 Å². The Balaban J connectivity index is 1.49. The number of halogens is 1. The summed E-state index contributed by atoms with van der Waals surface area (Å²) in [6.07, 6.45) is 3.98. The van der Waals surface area contributed by atoms with Gasteiger partial charge >= 0.3 is 0 Å². The Morgan fingerprint density at radius 1 is 1.00 bits per heavy atom. The second-order valence-corrected chi connectivity index (χ2v) is 8.64. The molecule has 1 aliphatic rings. The Labute approximate surface area is 195 Å². The third kappa shape index (κ3) is 5.26. The average molecular weight is 452 g/mol. The van der Waals surface area contributed by atoms with Crippen LogP contribution in [0.4, 0.5) is 28.6 Å². The van der Waals surface area contributed by atoms with Gasteiger partial charge in [0.05, 0.1) is 29.7 Å². The van der Waals surface area contributed by atoms with Crippen LogP contribution in [0.3, 0.4) is 0 Å². The van der Waals surface area contributed by atoms with E-state index in [1.165, 1.54) is 18.5 Å². The number of nitrogens with zero attached hydrogens (tertiary/aromatic N) is 3. The molecule has 1 fully saturated rings. The smallest absolute Gasteiger partial charge is 0.144 e. The second kappa shape index (κ2) is 10.1. The van der Waals surface area contributed by atoms with Gasteiger partial charge in [-0.25, -0.2) is 4.98 Å². The number of aromatic nitrogens is 1. The Kier molecular flexibility index (Phi) is 7.02. The summed E-state index contributed by atoms with van der Waals surface area (Å²) < 4.78 is 5.69. The molecule has 7 heteroatoms. The average Bonchev–Trinajstić information content (AvgIpc) is 2.82. The number of benzene rings is 2. The maximum Gasteiger partial charge on any atom is 0.144 e. The summed E-state index contributed by atoms with van der Waals surface area (Å²) in [5.74, 6) is 1.47. The number of nitrogens with one attached hydrogen (secondary N) is 2. The molecule has 1 aliphatic heterocycles. The monoisotopic (exact) mass is 451 g/mol. The van der Waals surface area contributed by atoms with E-state index in [1.807, 2.05) is 42.5 Å². The van der Waals surface area contributed by atoms with Gasteiger partial charge in [-0.1, -0.05) is 29.8 Å². The van der Waals surface area contributed by atoms with Crippen molar-refractivity contribution in [3.63, 3.8) is 0 Å². The van der Waals surface area contributed by atoms with Crippen molar-refractivity contribution < 1.29 is 4.74 Å². The largest absolute Gasteiger partial charge is 0.494 e. The van der Waals surface area contributed by atoms with Gasteiger partial charge in [0.15, 0.2) is 0 Å². The molecule has 0 saturated carbocycles. The van der Waals surface area contributed by atoms with Crippen molar-refractivity contribution in [3.8, 4) is 5.75 Å². The zero-order valence-corrected chi connectivity index (χ0v) is 19.6. The Hall–Kier alpha value is -2.96. The predicted octanol–water partition coefficient (Wildman–Crippen LogP) is 5.76. The van der Waals surface area contributed by atoms with Crippen molar-refractivity contribution in [2.24, 2.45) is 0 Å². The number of hydrogen-bond acceptors (Lipinski definition) is 6. The predicted molar refractivity (Wildman–Crippen MR) is 134 cm³/mol. The fourth-order valence-corrected chi connectivity index (χ4v) is 4.19. The number of pyridine rings is 1. The molecule has 168 valence electrons. The standard InChI is InChI=1S/C25H30ClN5O/c1-30(2)19-11-13-31(14-12-19)20-9-10-22(24(15-20)32-3)29-25-16-23(21(26)17-27-25)28-18-7-5-4-6-8-18/h4-10,15-17,19H,11-14H2,1-3H3,(H2,27,28,29). The molecule has 0 aliphatic carbocycles. The molecule has 0 radical (unpaired) electrons. The second-order valence-electron chi connectivity index (χ2n) is 8.23. The molecule has 0 unspecified atom stereocenters. The molecule has 2 aromatic carbocycles. The van der Waals surface area contributed by atoms with E-state index < -0.39 is 0 Å². The lowest BCUT2D eigenvalue weighted by atomic mass is 10.0. The van der Waals surface area contributed by atoms with Crippen LogP contribution in [0.2, 0.25) is 5.02 Å². The van der Waals surface area contributed by atoms with Crippen LogP contribution in [0, 0.1) is 0 Å². The van der Waals surface area contributed by atoms with E-state index >= 15 is 0 Å². The quantitative estimate of drug-likeness (QED) is 0.476. The lowest BCUT2D eigenvalue weighted by Gasteiger charge is -2.36. The number of rotatable bonds is 7. The van der Waals surface area contributed by atoms with E-state index in [1.54, 1.807) is 13.3 Å². The van der Waals surface area contributed by atoms with Gasteiger partial charge in [0.2, 0.25) is 0 Å². The molecule has 3 aromatic rings. The molecular weight excluding hydrogens is 422 g/mol. The maximum absolute atomic E-state index is 6.36. The molecule has 0 atom stereocenters. The zero-order chi connectivity index (χ0) is 22.5. The summed E-state index contributed by atoms with van der Waals surface area (Å²) in [5, 5.41) is 7.26. The highest BCUT2D eigenvalue weighted by molar-refractivity contribution is 6.33. The minimum Gasteiger partial charge on any atom is -0.494 e. The fraction of sp³-hybridized carbons (Fsp3) is 0.320. The highest BCUT2D eigenvalue weighted by Crippen LogP contribution is 2.34. The van der Waals surface area contributed by atoms with E-state index in [2.05, 4.69) is 51.6 Å². The normalized spacial score (nSPS) is 14.5. The lowest BCUT2D eigenvalue weighted by Crippen LogP contribution is -2.41. The third-order valence-corrected chi connectivity index (χ3v) is 6.22. The van der Waals surface area contributed by atoms with E-state index in [4.69, 9.17) is 16.3 Å². The van der Waals surface area contributed by atoms with Crippen LogP contribution in [0.25, 0.3) is 0 Å². The molecule has 2 heterocycles. The first-order valence-corrected chi connectivity index (χ1v) is 11.3. The molecule has 4 rings (SSSR count). The van der Waals surface area contributed by atoms with E-state index in [-0.39, 0.29) is 0 Å². The number of para-hydroxylation sites is 1. The number of methoxy groups -OCH3 is 1. The minimum absolute atomic E-state index is 0.558. The number of hydrogen-bond donors (Lipinski definition) is 2. The van der Waals surface area contributed by atoms with Gasteiger partial charge in [0, 0.05) is 42.6 Å². The van der Waals surface area contributed by atoms with Gasteiger partial charge < -0.3 is 25.2 Å². The molecule has 0 amide bonds. The molecule has 1 saturated heterocycles. The van der Waals surface area contributed by atoms with Crippen molar-refractivity contribution in [1.29, 1.82) is 0 Å². The van der Waals surface area contributed by atoms with Gasteiger partial charge in [0.25, 0.3) is 0 Å². The molecule has 0 spiro atoms. The summed E-state index contributed by atoms with van der Waals surface area (Å²) in [4.78, 5) is 9.18. The van der Waals surface area contributed by atoms with Gasteiger partial charge in [-0.15, -0.1) is 0 Å². The van der Waals surface area contributed by atoms with Crippen LogP contribution in [-0.2, 0) is 0 Å². The van der Waals surface area contributed by atoms with Crippen molar-refractivity contribution in [2.45, 2.75) is 18.9 Å².